The lowest BCUT2D eigenvalue weighted by molar-refractivity contribution is 0.446. The summed E-state index contributed by atoms with van der Waals surface area (Å²) in [7, 11) is 0. The summed E-state index contributed by atoms with van der Waals surface area (Å²) in [5, 5.41) is 1.80. The molecule has 0 spiro atoms. The monoisotopic (exact) mass is 381 g/mol. The van der Waals surface area contributed by atoms with Crippen molar-refractivity contribution >= 4 is 28.6 Å². The Kier molecular flexibility index (Phi) is 7.90. The van der Waals surface area contributed by atoms with Crippen LogP contribution in [0.4, 0.5) is 10.1 Å². The smallest absolute Gasteiger partial charge is 0.167 e. The lowest BCUT2D eigenvalue weighted by Crippen LogP contribution is -2.03. The summed E-state index contributed by atoms with van der Waals surface area (Å²) in [6.45, 7) is 4.57. The number of nitrogens with two attached hydrogens (primary N) is 2. The molecule has 3 aromatic rings. The first-order valence-corrected chi connectivity index (χ1v) is 8.86. The SMILES string of the molecule is CC(N)=Nc1ccc(Oc2cccc3cnccc23)c(F)c1.CCCN=CN. The molecule has 0 aliphatic carbocycles. The molecule has 7 heteroatoms. The van der Waals surface area contributed by atoms with E-state index in [1.807, 2.05) is 18.2 Å². The van der Waals surface area contributed by atoms with E-state index in [0.29, 0.717) is 17.3 Å². The molecule has 4 N–H and O–H groups in total. The molecule has 0 unspecified atom stereocenters. The lowest BCUT2D eigenvalue weighted by Gasteiger charge is -2.10. The Morgan fingerprint density at radius 3 is 2.68 bits per heavy atom. The van der Waals surface area contributed by atoms with Crippen molar-refractivity contribution < 1.29 is 9.13 Å². The van der Waals surface area contributed by atoms with Gasteiger partial charge in [-0.1, -0.05) is 19.1 Å². The quantitative estimate of drug-likeness (QED) is 0.500. The van der Waals surface area contributed by atoms with E-state index in [1.54, 1.807) is 31.5 Å². The molecule has 0 saturated carbocycles. The Morgan fingerprint density at radius 1 is 1.21 bits per heavy atom. The van der Waals surface area contributed by atoms with E-state index in [-0.39, 0.29) is 5.75 Å². The number of pyridine rings is 1. The number of benzene rings is 2. The van der Waals surface area contributed by atoms with Gasteiger partial charge in [-0.15, -0.1) is 0 Å². The van der Waals surface area contributed by atoms with Gasteiger partial charge in [-0.05, 0) is 37.6 Å². The molecule has 0 radical (unpaired) electrons. The van der Waals surface area contributed by atoms with E-state index in [9.17, 15) is 4.39 Å². The van der Waals surface area contributed by atoms with Gasteiger partial charge in [0.1, 0.15) is 5.75 Å². The zero-order chi connectivity index (χ0) is 20.4. The third-order valence-corrected chi connectivity index (χ3v) is 3.54. The third-order valence-electron chi connectivity index (χ3n) is 3.54. The molecule has 0 aliphatic rings. The summed E-state index contributed by atoms with van der Waals surface area (Å²) in [6, 6.07) is 11.9. The fraction of sp³-hybridized carbons (Fsp3) is 0.190. The second kappa shape index (κ2) is 10.6. The topological polar surface area (TPSA) is 98.9 Å². The summed E-state index contributed by atoms with van der Waals surface area (Å²) in [6.07, 6.45) is 5.82. The summed E-state index contributed by atoms with van der Waals surface area (Å²) >= 11 is 0. The van der Waals surface area contributed by atoms with Crippen molar-refractivity contribution in [3.63, 3.8) is 0 Å². The van der Waals surface area contributed by atoms with Crippen LogP contribution in [0.25, 0.3) is 10.8 Å². The summed E-state index contributed by atoms with van der Waals surface area (Å²) in [4.78, 5) is 11.8. The minimum absolute atomic E-state index is 0.137. The number of halogens is 1. The molecule has 0 atom stereocenters. The van der Waals surface area contributed by atoms with Crippen LogP contribution in [0.1, 0.15) is 20.3 Å². The average molecular weight is 381 g/mol. The normalized spacial score (nSPS) is 11.3. The number of ether oxygens (including phenoxy) is 1. The van der Waals surface area contributed by atoms with Gasteiger partial charge in [-0.3, -0.25) is 9.98 Å². The average Bonchev–Trinajstić information content (AvgIpc) is 2.69. The van der Waals surface area contributed by atoms with Crippen LogP contribution >= 0.6 is 0 Å². The Bertz CT molecular complexity index is 963. The first kappa shape index (κ1) is 20.8. The van der Waals surface area contributed by atoms with Gasteiger partial charge >= 0.3 is 0 Å². The summed E-state index contributed by atoms with van der Waals surface area (Å²) in [5.74, 6) is 0.589. The molecule has 28 heavy (non-hydrogen) atoms. The maximum atomic E-state index is 14.1. The number of hydrogen-bond acceptors (Lipinski definition) is 4. The maximum Gasteiger partial charge on any atom is 0.167 e. The molecule has 6 nitrogen and oxygen atoms in total. The summed E-state index contributed by atoms with van der Waals surface area (Å²) < 4.78 is 19.8. The molecule has 0 amide bonds. The highest BCUT2D eigenvalue weighted by Crippen LogP contribution is 2.32. The second-order valence-electron chi connectivity index (χ2n) is 5.88. The highest BCUT2D eigenvalue weighted by Gasteiger charge is 2.08. The first-order valence-electron chi connectivity index (χ1n) is 8.86. The van der Waals surface area contributed by atoms with Crippen LogP contribution in [0.15, 0.2) is 64.8 Å². The Hall–Kier alpha value is -3.48. The molecule has 0 saturated heterocycles. The van der Waals surface area contributed by atoms with Crippen LogP contribution in [0.2, 0.25) is 0 Å². The second-order valence-corrected chi connectivity index (χ2v) is 5.88. The molecular weight excluding hydrogens is 357 g/mol. The van der Waals surface area contributed by atoms with Crippen molar-refractivity contribution in [3.05, 3.63) is 60.7 Å². The van der Waals surface area contributed by atoms with Crippen LogP contribution in [-0.2, 0) is 0 Å². The Labute approximate surface area is 163 Å². The minimum atomic E-state index is -0.492. The van der Waals surface area contributed by atoms with Crippen molar-refractivity contribution in [1.29, 1.82) is 0 Å². The minimum Gasteiger partial charge on any atom is -0.454 e. The van der Waals surface area contributed by atoms with Gasteiger partial charge in [0.2, 0.25) is 0 Å². The lowest BCUT2D eigenvalue weighted by atomic mass is 10.1. The van der Waals surface area contributed by atoms with Crippen molar-refractivity contribution in [2.75, 3.05) is 6.54 Å². The number of aromatic nitrogens is 1. The Balaban J connectivity index is 0.000000409. The number of amidine groups is 1. The predicted molar refractivity (Wildman–Crippen MR) is 113 cm³/mol. The molecule has 146 valence electrons. The van der Waals surface area contributed by atoms with E-state index < -0.39 is 5.82 Å². The van der Waals surface area contributed by atoms with Gasteiger partial charge in [-0.25, -0.2) is 9.38 Å². The van der Waals surface area contributed by atoms with Crippen molar-refractivity contribution in [1.82, 2.24) is 4.98 Å². The molecule has 0 fully saturated rings. The molecule has 0 bridgehead atoms. The molecular formula is C21H24FN5O. The molecule has 2 aromatic carbocycles. The van der Waals surface area contributed by atoms with Crippen LogP contribution in [0.5, 0.6) is 11.5 Å². The van der Waals surface area contributed by atoms with Crippen molar-refractivity contribution in [3.8, 4) is 11.5 Å². The Morgan fingerprint density at radius 2 is 2.04 bits per heavy atom. The van der Waals surface area contributed by atoms with Gasteiger partial charge in [-0.2, -0.15) is 0 Å². The summed E-state index contributed by atoms with van der Waals surface area (Å²) in [5.41, 5.74) is 10.9. The largest absolute Gasteiger partial charge is 0.454 e. The highest BCUT2D eigenvalue weighted by molar-refractivity contribution is 5.87. The van der Waals surface area contributed by atoms with Gasteiger partial charge in [0.25, 0.3) is 0 Å². The zero-order valence-electron chi connectivity index (χ0n) is 16.0. The predicted octanol–water partition coefficient (Wildman–Crippen LogP) is 4.56. The molecule has 0 aliphatic heterocycles. The fourth-order valence-corrected chi connectivity index (χ4v) is 2.35. The zero-order valence-corrected chi connectivity index (χ0v) is 16.0. The standard InChI is InChI=1S/C17H14FN3O.C4H10N2/c1-11(19)21-13-5-6-17(15(18)9-13)22-16-4-2-3-12-10-20-8-7-14(12)16;1-2-3-6-4-5/h2-10H,1H3,(H2,19,21);4H,2-3H2,1H3,(H2,5,6). The number of hydrogen-bond donors (Lipinski definition) is 2. The first-order chi connectivity index (χ1) is 13.5. The van der Waals surface area contributed by atoms with Gasteiger partial charge in [0.15, 0.2) is 11.6 Å². The molecule has 3 rings (SSSR count). The van der Waals surface area contributed by atoms with Crippen LogP contribution in [0, 0.1) is 5.82 Å². The molecule has 1 aromatic heterocycles. The van der Waals surface area contributed by atoms with Gasteiger partial charge < -0.3 is 16.2 Å². The van der Waals surface area contributed by atoms with Crippen LogP contribution < -0.4 is 16.2 Å². The van der Waals surface area contributed by atoms with Crippen molar-refractivity contribution in [2.24, 2.45) is 21.5 Å². The van der Waals surface area contributed by atoms with Crippen LogP contribution in [-0.4, -0.2) is 23.7 Å². The number of aliphatic imine (C=N–C) groups is 2. The van der Waals surface area contributed by atoms with E-state index in [0.717, 1.165) is 23.7 Å². The van der Waals surface area contributed by atoms with Gasteiger partial charge in [0, 0.05) is 35.8 Å². The van der Waals surface area contributed by atoms with Gasteiger partial charge in [0.05, 0.1) is 17.9 Å². The maximum absolute atomic E-state index is 14.1. The highest BCUT2D eigenvalue weighted by atomic mass is 19.1. The number of fused-ring (bicyclic) bond motifs is 1. The van der Waals surface area contributed by atoms with E-state index >= 15 is 0 Å². The number of nitrogens with zero attached hydrogens (tertiary/aromatic N) is 3. The van der Waals surface area contributed by atoms with E-state index in [2.05, 4.69) is 21.9 Å². The third kappa shape index (κ3) is 6.05. The fourth-order valence-electron chi connectivity index (χ4n) is 2.35. The molecule has 1 heterocycles. The number of rotatable bonds is 5. The van der Waals surface area contributed by atoms with E-state index in [1.165, 1.54) is 18.5 Å². The van der Waals surface area contributed by atoms with E-state index in [4.69, 9.17) is 16.2 Å². The van der Waals surface area contributed by atoms with Crippen LogP contribution in [0.3, 0.4) is 0 Å². The van der Waals surface area contributed by atoms with Crippen molar-refractivity contribution in [2.45, 2.75) is 20.3 Å².